The lowest BCUT2D eigenvalue weighted by atomic mass is 10.3. The highest BCUT2D eigenvalue weighted by Gasteiger charge is 2.12. The normalized spacial score (nSPS) is 10.3. The second kappa shape index (κ2) is 5.18. The third-order valence-electron chi connectivity index (χ3n) is 2.10. The molecule has 1 heterocycles. The standard InChI is InChI=1S/C11H7BrFNO4/c12-9-3-1-7(5-10(9)13)17-6-8-2-4-11(18-8)14(15)16/h1-5H,6H2. The molecule has 0 aliphatic heterocycles. The summed E-state index contributed by atoms with van der Waals surface area (Å²) >= 11 is 3.02. The van der Waals surface area contributed by atoms with Crippen molar-refractivity contribution in [1.29, 1.82) is 0 Å². The maximum atomic E-state index is 13.2. The van der Waals surface area contributed by atoms with Gasteiger partial charge in [-0.05, 0) is 34.1 Å². The summed E-state index contributed by atoms with van der Waals surface area (Å²) in [6.45, 7) is -0.00505. The molecule has 0 aliphatic carbocycles. The molecular formula is C11H7BrFNO4. The Kier molecular flexibility index (Phi) is 3.61. The number of benzene rings is 1. The Labute approximate surface area is 109 Å². The van der Waals surface area contributed by atoms with Gasteiger partial charge in [-0.1, -0.05) is 0 Å². The van der Waals surface area contributed by atoms with Gasteiger partial charge in [-0.3, -0.25) is 10.1 Å². The molecule has 7 heteroatoms. The van der Waals surface area contributed by atoms with Crippen molar-refractivity contribution >= 4 is 21.8 Å². The van der Waals surface area contributed by atoms with Gasteiger partial charge in [0.25, 0.3) is 0 Å². The lowest BCUT2D eigenvalue weighted by Gasteiger charge is -2.04. The molecule has 0 atom stereocenters. The molecule has 1 aromatic carbocycles. The van der Waals surface area contributed by atoms with Crippen LogP contribution >= 0.6 is 15.9 Å². The fourth-order valence-corrected chi connectivity index (χ4v) is 1.51. The Morgan fingerprint density at radius 3 is 2.78 bits per heavy atom. The van der Waals surface area contributed by atoms with E-state index in [4.69, 9.17) is 9.15 Å². The van der Waals surface area contributed by atoms with Crippen LogP contribution < -0.4 is 4.74 Å². The van der Waals surface area contributed by atoms with Crippen molar-refractivity contribution < 1.29 is 18.5 Å². The number of furan rings is 1. The number of nitrogens with zero attached hydrogens (tertiary/aromatic N) is 1. The van der Waals surface area contributed by atoms with Crippen LogP contribution in [0, 0.1) is 15.9 Å². The van der Waals surface area contributed by atoms with Crippen LogP contribution in [0.5, 0.6) is 5.75 Å². The van der Waals surface area contributed by atoms with E-state index < -0.39 is 10.7 Å². The largest absolute Gasteiger partial charge is 0.486 e. The zero-order chi connectivity index (χ0) is 13.1. The summed E-state index contributed by atoms with van der Waals surface area (Å²) in [7, 11) is 0. The summed E-state index contributed by atoms with van der Waals surface area (Å²) in [5.41, 5.74) is 0. The van der Waals surface area contributed by atoms with Gasteiger partial charge in [-0.25, -0.2) is 4.39 Å². The van der Waals surface area contributed by atoms with E-state index in [1.165, 1.54) is 24.3 Å². The minimum absolute atomic E-state index is 0.00505. The lowest BCUT2D eigenvalue weighted by molar-refractivity contribution is -0.402. The first-order chi connectivity index (χ1) is 8.56. The Balaban J connectivity index is 2.02. The van der Waals surface area contributed by atoms with Gasteiger partial charge in [0.15, 0.2) is 0 Å². The molecule has 0 saturated heterocycles. The molecule has 0 radical (unpaired) electrons. The first-order valence-electron chi connectivity index (χ1n) is 4.87. The van der Waals surface area contributed by atoms with E-state index in [0.29, 0.717) is 16.0 Å². The first-order valence-corrected chi connectivity index (χ1v) is 5.66. The number of ether oxygens (including phenoxy) is 1. The van der Waals surface area contributed by atoms with E-state index >= 15 is 0 Å². The molecule has 0 bridgehead atoms. The second-order valence-corrected chi connectivity index (χ2v) is 4.22. The quantitative estimate of drug-likeness (QED) is 0.637. The van der Waals surface area contributed by atoms with Crippen molar-refractivity contribution in [3.63, 3.8) is 0 Å². The average Bonchev–Trinajstić information content (AvgIpc) is 2.79. The molecule has 5 nitrogen and oxygen atoms in total. The lowest BCUT2D eigenvalue weighted by Crippen LogP contribution is -1.94. The molecule has 18 heavy (non-hydrogen) atoms. The maximum absolute atomic E-state index is 13.2. The predicted octanol–water partition coefficient (Wildman–Crippen LogP) is 3.67. The third kappa shape index (κ3) is 2.86. The van der Waals surface area contributed by atoms with E-state index in [-0.39, 0.29) is 12.5 Å². The Hall–Kier alpha value is -1.89. The number of hydrogen-bond donors (Lipinski definition) is 0. The van der Waals surface area contributed by atoms with Gasteiger partial charge in [-0.2, -0.15) is 0 Å². The highest BCUT2D eigenvalue weighted by molar-refractivity contribution is 9.10. The van der Waals surface area contributed by atoms with E-state index in [2.05, 4.69) is 15.9 Å². The molecular weight excluding hydrogens is 309 g/mol. The van der Waals surface area contributed by atoms with E-state index in [1.54, 1.807) is 6.07 Å². The molecule has 0 unspecified atom stereocenters. The number of nitro groups is 1. The van der Waals surface area contributed by atoms with Crippen molar-refractivity contribution in [2.75, 3.05) is 0 Å². The molecule has 0 aliphatic rings. The van der Waals surface area contributed by atoms with Gasteiger partial charge in [-0.15, -0.1) is 0 Å². The third-order valence-corrected chi connectivity index (χ3v) is 2.74. The number of rotatable bonds is 4. The highest BCUT2D eigenvalue weighted by atomic mass is 79.9. The van der Waals surface area contributed by atoms with Gasteiger partial charge >= 0.3 is 5.88 Å². The zero-order valence-electron chi connectivity index (χ0n) is 8.93. The van der Waals surface area contributed by atoms with Gasteiger partial charge in [0.2, 0.25) is 0 Å². The molecule has 2 rings (SSSR count). The summed E-state index contributed by atoms with van der Waals surface area (Å²) in [5.74, 6) is -0.187. The van der Waals surface area contributed by atoms with Crippen molar-refractivity contribution in [3.8, 4) is 5.75 Å². The summed E-state index contributed by atoms with van der Waals surface area (Å²) in [6.07, 6.45) is 0. The molecule has 0 fully saturated rings. The van der Waals surface area contributed by atoms with Crippen LogP contribution in [0.1, 0.15) is 5.76 Å². The van der Waals surface area contributed by atoms with Crippen LogP contribution in [0.3, 0.4) is 0 Å². The van der Waals surface area contributed by atoms with Gasteiger partial charge < -0.3 is 9.15 Å². The van der Waals surface area contributed by atoms with E-state index in [0.717, 1.165) is 0 Å². The predicted molar refractivity (Wildman–Crippen MR) is 63.8 cm³/mol. The van der Waals surface area contributed by atoms with Gasteiger partial charge in [0.05, 0.1) is 10.5 Å². The van der Waals surface area contributed by atoms with Crippen LogP contribution in [-0.2, 0) is 6.61 Å². The Morgan fingerprint density at radius 2 is 2.17 bits per heavy atom. The van der Waals surface area contributed by atoms with Gasteiger partial charge in [0.1, 0.15) is 28.9 Å². The minimum Gasteiger partial charge on any atom is -0.486 e. The summed E-state index contributed by atoms with van der Waals surface area (Å²) in [6, 6.07) is 6.97. The smallest absolute Gasteiger partial charge is 0.433 e. The highest BCUT2D eigenvalue weighted by Crippen LogP contribution is 2.22. The fourth-order valence-electron chi connectivity index (χ4n) is 1.26. The van der Waals surface area contributed by atoms with Crippen molar-refractivity contribution in [3.05, 3.63) is 56.5 Å². The Bertz CT molecular complexity index is 584. The molecule has 0 N–H and O–H groups in total. The number of halogens is 2. The molecule has 0 saturated carbocycles. The Morgan fingerprint density at radius 1 is 1.39 bits per heavy atom. The van der Waals surface area contributed by atoms with Crippen LogP contribution in [0.4, 0.5) is 10.3 Å². The fraction of sp³-hybridized carbons (Fsp3) is 0.0909. The average molecular weight is 316 g/mol. The van der Waals surface area contributed by atoms with Gasteiger partial charge in [0, 0.05) is 6.07 Å². The van der Waals surface area contributed by atoms with Crippen LogP contribution in [0.2, 0.25) is 0 Å². The van der Waals surface area contributed by atoms with Crippen molar-refractivity contribution in [1.82, 2.24) is 0 Å². The first kappa shape index (κ1) is 12.6. The minimum atomic E-state index is -0.636. The SMILES string of the molecule is O=[N+]([O-])c1ccc(COc2ccc(Br)c(F)c2)o1. The summed E-state index contributed by atoms with van der Waals surface area (Å²) in [5, 5.41) is 10.4. The van der Waals surface area contributed by atoms with Crippen LogP contribution in [0.25, 0.3) is 0 Å². The zero-order valence-corrected chi connectivity index (χ0v) is 10.5. The maximum Gasteiger partial charge on any atom is 0.433 e. The molecule has 94 valence electrons. The molecule has 1 aromatic heterocycles. The van der Waals surface area contributed by atoms with Crippen molar-refractivity contribution in [2.24, 2.45) is 0 Å². The van der Waals surface area contributed by atoms with E-state index in [9.17, 15) is 14.5 Å². The van der Waals surface area contributed by atoms with Crippen molar-refractivity contribution in [2.45, 2.75) is 6.61 Å². The molecule has 0 amide bonds. The molecule has 0 spiro atoms. The molecule has 2 aromatic rings. The monoisotopic (exact) mass is 315 g/mol. The summed E-state index contributed by atoms with van der Waals surface area (Å²) < 4.78 is 23.6. The topological polar surface area (TPSA) is 65.5 Å². The van der Waals surface area contributed by atoms with Crippen LogP contribution in [-0.4, -0.2) is 4.92 Å². The second-order valence-electron chi connectivity index (χ2n) is 3.36. The van der Waals surface area contributed by atoms with E-state index in [1.807, 2.05) is 0 Å². The van der Waals surface area contributed by atoms with Crippen LogP contribution in [0.15, 0.2) is 39.2 Å². The summed E-state index contributed by atoms with van der Waals surface area (Å²) in [4.78, 5) is 9.75. The number of hydrogen-bond acceptors (Lipinski definition) is 4.